The SMILES string of the molecule is CC(C)N1CC[C@H](N[C@@H](C)[C@H]2CC2(C)C)C1=O. The molecular formula is C14H26N2O. The third-order valence-corrected chi connectivity index (χ3v) is 4.52. The van der Waals surface area contributed by atoms with E-state index in [1.54, 1.807) is 0 Å². The van der Waals surface area contributed by atoms with E-state index < -0.39 is 0 Å². The van der Waals surface area contributed by atoms with Gasteiger partial charge >= 0.3 is 0 Å². The molecule has 1 aliphatic heterocycles. The summed E-state index contributed by atoms with van der Waals surface area (Å²) in [4.78, 5) is 14.1. The fourth-order valence-electron chi connectivity index (χ4n) is 3.16. The van der Waals surface area contributed by atoms with Gasteiger partial charge in [0.2, 0.25) is 5.91 Å². The summed E-state index contributed by atoms with van der Waals surface area (Å²) in [6.07, 6.45) is 2.25. The molecule has 1 N–H and O–H groups in total. The highest BCUT2D eigenvalue weighted by Gasteiger charge is 2.49. The number of nitrogens with zero attached hydrogens (tertiary/aromatic N) is 1. The Kier molecular flexibility index (Phi) is 3.23. The molecule has 1 aliphatic carbocycles. The lowest BCUT2D eigenvalue weighted by atomic mass is 10.0. The molecule has 1 saturated carbocycles. The third kappa shape index (κ3) is 2.49. The van der Waals surface area contributed by atoms with Gasteiger partial charge in [0.05, 0.1) is 6.04 Å². The molecule has 2 rings (SSSR count). The predicted octanol–water partition coefficient (Wildman–Crippen LogP) is 2.02. The number of carbonyl (C=O) groups is 1. The van der Waals surface area contributed by atoms with Crippen LogP contribution in [0.15, 0.2) is 0 Å². The number of hydrogen-bond donors (Lipinski definition) is 1. The lowest BCUT2D eigenvalue weighted by Crippen LogP contribution is -2.45. The van der Waals surface area contributed by atoms with Gasteiger partial charge in [0.15, 0.2) is 0 Å². The first-order valence-corrected chi connectivity index (χ1v) is 6.89. The van der Waals surface area contributed by atoms with Gasteiger partial charge in [-0.25, -0.2) is 0 Å². The smallest absolute Gasteiger partial charge is 0.240 e. The van der Waals surface area contributed by atoms with Crippen molar-refractivity contribution in [3.63, 3.8) is 0 Å². The predicted molar refractivity (Wildman–Crippen MR) is 69.7 cm³/mol. The second-order valence-electron chi connectivity index (χ2n) is 6.72. The maximum Gasteiger partial charge on any atom is 0.240 e. The molecule has 3 atom stereocenters. The van der Waals surface area contributed by atoms with E-state index in [0.717, 1.165) is 18.9 Å². The molecule has 1 amide bonds. The highest BCUT2D eigenvalue weighted by molar-refractivity contribution is 5.84. The third-order valence-electron chi connectivity index (χ3n) is 4.52. The minimum Gasteiger partial charge on any atom is -0.339 e. The van der Waals surface area contributed by atoms with Crippen molar-refractivity contribution >= 4 is 5.91 Å². The second kappa shape index (κ2) is 4.27. The van der Waals surface area contributed by atoms with Crippen LogP contribution in [-0.4, -0.2) is 35.5 Å². The second-order valence-corrected chi connectivity index (χ2v) is 6.72. The molecule has 2 fully saturated rings. The molecule has 0 aromatic rings. The van der Waals surface area contributed by atoms with Gasteiger partial charge in [-0.2, -0.15) is 0 Å². The summed E-state index contributed by atoms with van der Waals surface area (Å²) in [7, 11) is 0. The Hall–Kier alpha value is -0.570. The van der Waals surface area contributed by atoms with E-state index >= 15 is 0 Å². The van der Waals surface area contributed by atoms with Gasteiger partial charge in [0.1, 0.15) is 0 Å². The summed E-state index contributed by atoms with van der Waals surface area (Å²) in [6, 6.07) is 0.858. The van der Waals surface area contributed by atoms with Crippen molar-refractivity contribution in [2.75, 3.05) is 6.54 Å². The van der Waals surface area contributed by atoms with Crippen LogP contribution in [0.3, 0.4) is 0 Å². The normalized spacial score (nSPS) is 33.3. The van der Waals surface area contributed by atoms with E-state index in [4.69, 9.17) is 0 Å². The monoisotopic (exact) mass is 238 g/mol. The molecule has 0 aromatic heterocycles. The van der Waals surface area contributed by atoms with Crippen LogP contribution >= 0.6 is 0 Å². The van der Waals surface area contributed by atoms with Crippen LogP contribution in [0.2, 0.25) is 0 Å². The van der Waals surface area contributed by atoms with Crippen molar-refractivity contribution in [3.8, 4) is 0 Å². The van der Waals surface area contributed by atoms with Crippen LogP contribution in [0.25, 0.3) is 0 Å². The molecule has 0 aromatic carbocycles. The molecule has 0 radical (unpaired) electrons. The number of carbonyl (C=O) groups excluding carboxylic acids is 1. The van der Waals surface area contributed by atoms with Gasteiger partial charge < -0.3 is 10.2 Å². The molecule has 0 spiro atoms. The van der Waals surface area contributed by atoms with E-state index in [-0.39, 0.29) is 6.04 Å². The van der Waals surface area contributed by atoms with Crippen molar-refractivity contribution in [2.45, 2.75) is 65.6 Å². The lowest BCUT2D eigenvalue weighted by Gasteiger charge is -2.23. The van der Waals surface area contributed by atoms with E-state index in [1.807, 2.05) is 4.90 Å². The van der Waals surface area contributed by atoms with Crippen LogP contribution in [-0.2, 0) is 4.79 Å². The standard InChI is InChI=1S/C14H26N2O/c1-9(2)16-7-6-12(13(16)17)15-10(3)11-8-14(11,4)5/h9-12,15H,6-8H2,1-5H3/t10-,11+,12-/m0/s1. The van der Waals surface area contributed by atoms with Gasteiger partial charge in [-0.3, -0.25) is 4.79 Å². The van der Waals surface area contributed by atoms with Crippen molar-refractivity contribution < 1.29 is 4.79 Å². The zero-order valence-corrected chi connectivity index (χ0v) is 11.8. The average molecular weight is 238 g/mol. The van der Waals surface area contributed by atoms with E-state index in [0.29, 0.717) is 23.4 Å². The number of rotatable bonds is 4. The van der Waals surface area contributed by atoms with Crippen LogP contribution < -0.4 is 5.32 Å². The summed E-state index contributed by atoms with van der Waals surface area (Å²) in [5, 5.41) is 3.54. The fourth-order valence-corrected chi connectivity index (χ4v) is 3.16. The summed E-state index contributed by atoms with van der Waals surface area (Å²) >= 11 is 0. The van der Waals surface area contributed by atoms with Crippen LogP contribution in [0, 0.1) is 11.3 Å². The Bertz CT molecular complexity index is 311. The fraction of sp³-hybridized carbons (Fsp3) is 0.929. The number of amides is 1. The maximum absolute atomic E-state index is 12.2. The maximum atomic E-state index is 12.2. The largest absolute Gasteiger partial charge is 0.339 e. The molecule has 0 unspecified atom stereocenters. The Morgan fingerprint density at radius 1 is 1.35 bits per heavy atom. The molecule has 0 bridgehead atoms. The molecule has 98 valence electrons. The first kappa shape index (κ1) is 12.9. The van der Waals surface area contributed by atoms with E-state index in [1.165, 1.54) is 6.42 Å². The molecule has 1 saturated heterocycles. The molecule has 1 heterocycles. The zero-order valence-electron chi connectivity index (χ0n) is 11.8. The van der Waals surface area contributed by atoms with E-state index in [9.17, 15) is 4.79 Å². The lowest BCUT2D eigenvalue weighted by molar-refractivity contribution is -0.131. The van der Waals surface area contributed by atoms with Gasteiger partial charge in [0.25, 0.3) is 0 Å². The number of likely N-dealkylation sites (tertiary alicyclic amines) is 1. The summed E-state index contributed by atoms with van der Waals surface area (Å²) in [6.45, 7) is 11.9. The first-order chi connectivity index (χ1) is 7.83. The van der Waals surface area contributed by atoms with Crippen molar-refractivity contribution in [3.05, 3.63) is 0 Å². The van der Waals surface area contributed by atoms with Gasteiger partial charge in [-0.1, -0.05) is 13.8 Å². The number of hydrogen-bond acceptors (Lipinski definition) is 2. The van der Waals surface area contributed by atoms with Crippen LogP contribution in [0.1, 0.15) is 47.5 Å². The Morgan fingerprint density at radius 2 is 1.94 bits per heavy atom. The Labute approximate surface area is 105 Å². The van der Waals surface area contributed by atoms with Gasteiger partial charge in [-0.15, -0.1) is 0 Å². The summed E-state index contributed by atoms with van der Waals surface area (Å²) < 4.78 is 0. The summed E-state index contributed by atoms with van der Waals surface area (Å²) in [5.41, 5.74) is 0.478. The highest BCUT2D eigenvalue weighted by Crippen LogP contribution is 2.53. The summed E-state index contributed by atoms with van der Waals surface area (Å²) in [5.74, 6) is 1.04. The van der Waals surface area contributed by atoms with Crippen LogP contribution in [0.5, 0.6) is 0 Å². The zero-order chi connectivity index (χ0) is 12.8. The van der Waals surface area contributed by atoms with Crippen molar-refractivity contribution in [1.82, 2.24) is 10.2 Å². The molecule has 2 aliphatic rings. The van der Waals surface area contributed by atoms with Crippen molar-refractivity contribution in [2.24, 2.45) is 11.3 Å². The minimum absolute atomic E-state index is 0.0591. The van der Waals surface area contributed by atoms with Crippen molar-refractivity contribution in [1.29, 1.82) is 0 Å². The quantitative estimate of drug-likeness (QED) is 0.812. The molecule has 3 nitrogen and oxygen atoms in total. The number of nitrogens with one attached hydrogen (secondary N) is 1. The van der Waals surface area contributed by atoms with Crippen LogP contribution in [0.4, 0.5) is 0 Å². The molecule has 3 heteroatoms. The highest BCUT2D eigenvalue weighted by atomic mass is 16.2. The molecular weight excluding hydrogens is 212 g/mol. The Morgan fingerprint density at radius 3 is 2.35 bits per heavy atom. The van der Waals surface area contributed by atoms with Gasteiger partial charge in [-0.05, 0) is 44.9 Å². The topological polar surface area (TPSA) is 32.3 Å². The van der Waals surface area contributed by atoms with E-state index in [2.05, 4.69) is 39.9 Å². The molecule has 17 heavy (non-hydrogen) atoms. The first-order valence-electron chi connectivity index (χ1n) is 6.89. The Balaban J connectivity index is 1.87. The average Bonchev–Trinajstić information content (AvgIpc) is 2.70. The van der Waals surface area contributed by atoms with Gasteiger partial charge in [0, 0.05) is 18.6 Å². The minimum atomic E-state index is 0.0591.